The first-order valence-corrected chi connectivity index (χ1v) is 12.2. The van der Waals surface area contributed by atoms with Crippen molar-refractivity contribution in [2.75, 3.05) is 10.5 Å². The first kappa shape index (κ1) is 22.3. The predicted molar refractivity (Wildman–Crippen MR) is 122 cm³/mol. The first-order valence-electron chi connectivity index (χ1n) is 9.24. The van der Waals surface area contributed by atoms with E-state index in [0.29, 0.717) is 5.39 Å². The third-order valence-corrected chi connectivity index (χ3v) is 6.79. The molecule has 0 aliphatic carbocycles. The molecule has 3 aromatic carbocycles. The van der Waals surface area contributed by atoms with Crippen LogP contribution in [-0.2, 0) is 20.1 Å². The molecular formula is C20H16N6O5S2. The molecule has 33 heavy (non-hydrogen) atoms. The van der Waals surface area contributed by atoms with Crippen molar-refractivity contribution in [2.24, 2.45) is 10.2 Å². The second kappa shape index (κ2) is 8.54. The maximum Gasteiger partial charge on any atom is 0.295 e. The highest BCUT2D eigenvalue weighted by molar-refractivity contribution is 7.92. The lowest BCUT2D eigenvalue weighted by Gasteiger charge is -2.09. The third kappa shape index (κ3) is 4.79. The zero-order chi connectivity index (χ0) is 23.6. The number of nitrogens with one attached hydrogen (secondary N) is 1. The summed E-state index contributed by atoms with van der Waals surface area (Å²) < 4.78 is 60.5. The molecule has 0 atom stereocenters. The van der Waals surface area contributed by atoms with Crippen LogP contribution < -0.4 is 10.5 Å². The van der Waals surface area contributed by atoms with E-state index in [-0.39, 0.29) is 38.1 Å². The zero-order valence-corrected chi connectivity index (χ0v) is 18.3. The molecule has 11 nitrogen and oxygen atoms in total. The number of nitrogens with two attached hydrogens (primary N) is 1. The van der Waals surface area contributed by atoms with E-state index in [0.717, 1.165) is 6.07 Å². The van der Waals surface area contributed by atoms with Crippen LogP contribution in [0.15, 0.2) is 93.2 Å². The summed E-state index contributed by atoms with van der Waals surface area (Å²) in [5.74, 6) is 0.0719. The third-order valence-electron chi connectivity index (χ3n) is 4.53. The highest BCUT2D eigenvalue weighted by atomic mass is 32.2. The molecule has 0 saturated carbocycles. The van der Waals surface area contributed by atoms with Gasteiger partial charge >= 0.3 is 0 Å². The van der Waals surface area contributed by atoms with Gasteiger partial charge in [-0.3, -0.25) is 14.3 Å². The van der Waals surface area contributed by atoms with Crippen molar-refractivity contribution >= 4 is 53.8 Å². The van der Waals surface area contributed by atoms with Gasteiger partial charge in [0.15, 0.2) is 5.82 Å². The summed E-state index contributed by atoms with van der Waals surface area (Å²) in [7, 11) is -8.43. The number of fused-ring (bicyclic) bond motifs is 1. The largest absolute Gasteiger partial charge is 0.396 e. The van der Waals surface area contributed by atoms with E-state index in [1.807, 2.05) is 0 Å². The lowest BCUT2D eigenvalue weighted by atomic mass is 10.1. The highest BCUT2D eigenvalue weighted by Gasteiger charge is 2.18. The molecule has 0 radical (unpaired) electrons. The molecule has 0 saturated heterocycles. The Labute approximate surface area is 188 Å². The summed E-state index contributed by atoms with van der Waals surface area (Å²) in [4.78, 5) is 7.28. The summed E-state index contributed by atoms with van der Waals surface area (Å²) in [6.45, 7) is 0. The predicted octanol–water partition coefficient (Wildman–Crippen LogP) is 3.67. The van der Waals surface area contributed by atoms with Gasteiger partial charge in [-0.2, -0.15) is 13.5 Å². The zero-order valence-electron chi connectivity index (χ0n) is 16.7. The van der Waals surface area contributed by atoms with Gasteiger partial charge in [0.1, 0.15) is 10.6 Å². The number of hydrogen-bond acceptors (Lipinski definition) is 9. The lowest BCUT2D eigenvalue weighted by Crippen LogP contribution is -2.13. The van der Waals surface area contributed by atoms with Gasteiger partial charge in [0.2, 0.25) is 0 Å². The van der Waals surface area contributed by atoms with Crippen LogP contribution >= 0.6 is 0 Å². The summed E-state index contributed by atoms with van der Waals surface area (Å²) in [6, 6.07) is 13.0. The standard InChI is InChI=1S/C20H16N6O5S2/c21-20-16-4-2-1-3-15(16)18(33(29,30)31)11-17(20)25-24-13-5-7-14(8-6-13)32(27,28)26-19-12-22-9-10-23-19/h1-12H,21H2,(H,23,26)(H,29,30,31)/b25-24+. The maximum atomic E-state index is 12.5. The number of rotatable bonds is 6. The number of nitrogens with zero attached hydrogens (tertiary/aromatic N) is 4. The minimum Gasteiger partial charge on any atom is -0.396 e. The van der Waals surface area contributed by atoms with Crippen molar-refractivity contribution in [3.8, 4) is 0 Å². The molecule has 168 valence electrons. The number of aromatic nitrogens is 2. The van der Waals surface area contributed by atoms with Crippen molar-refractivity contribution in [1.82, 2.24) is 9.97 Å². The van der Waals surface area contributed by atoms with E-state index in [9.17, 15) is 21.4 Å². The average molecular weight is 485 g/mol. The molecule has 0 spiro atoms. The molecule has 0 aliphatic heterocycles. The van der Waals surface area contributed by atoms with E-state index >= 15 is 0 Å². The van der Waals surface area contributed by atoms with Crippen LogP contribution in [0.3, 0.4) is 0 Å². The van der Waals surface area contributed by atoms with Crippen LogP contribution in [0.4, 0.5) is 22.9 Å². The fourth-order valence-electron chi connectivity index (χ4n) is 3.00. The van der Waals surface area contributed by atoms with Crippen molar-refractivity contribution in [2.45, 2.75) is 9.79 Å². The van der Waals surface area contributed by atoms with Crippen LogP contribution in [0.5, 0.6) is 0 Å². The van der Waals surface area contributed by atoms with Gasteiger partial charge in [0, 0.05) is 23.2 Å². The Balaban J connectivity index is 1.64. The topological polar surface area (TPSA) is 177 Å². The quantitative estimate of drug-likeness (QED) is 0.211. The highest BCUT2D eigenvalue weighted by Crippen LogP contribution is 2.36. The van der Waals surface area contributed by atoms with Crippen molar-refractivity contribution in [1.29, 1.82) is 0 Å². The van der Waals surface area contributed by atoms with Gasteiger partial charge < -0.3 is 5.73 Å². The maximum absolute atomic E-state index is 12.5. The molecule has 1 heterocycles. The summed E-state index contributed by atoms with van der Waals surface area (Å²) in [5.41, 5.74) is 6.61. The van der Waals surface area contributed by atoms with E-state index < -0.39 is 20.1 Å². The van der Waals surface area contributed by atoms with E-state index in [2.05, 4.69) is 24.9 Å². The average Bonchev–Trinajstić information content (AvgIpc) is 2.78. The van der Waals surface area contributed by atoms with Crippen molar-refractivity contribution in [3.63, 3.8) is 0 Å². The smallest absolute Gasteiger partial charge is 0.295 e. The van der Waals surface area contributed by atoms with E-state index in [4.69, 9.17) is 5.73 Å². The van der Waals surface area contributed by atoms with Crippen LogP contribution in [0.1, 0.15) is 0 Å². The number of anilines is 2. The van der Waals surface area contributed by atoms with E-state index in [1.54, 1.807) is 18.2 Å². The van der Waals surface area contributed by atoms with Crippen LogP contribution in [0, 0.1) is 0 Å². The van der Waals surface area contributed by atoms with Crippen molar-refractivity contribution < 1.29 is 21.4 Å². The minimum absolute atomic E-state index is 0.0299. The Morgan fingerprint density at radius 2 is 1.61 bits per heavy atom. The lowest BCUT2D eigenvalue weighted by molar-refractivity contribution is 0.484. The molecule has 0 bridgehead atoms. The Morgan fingerprint density at radius 3 is 2.24 bits per heavy atom. The molecule has 13 heteroatoms. The molecule has 4 rings (SSSR count). The number of hydrogen-bond donors (Lipinski definition) is 3. The van der Waals surface area contributed by atoms with Gasteiger partial charge in [-0.25, -0.2) is 13.4 Å². The van der Waals surface area contributed by atoms with Crippen molar-refractivity contribution in [3.05, 3.63) is 73.2 Å². The number of azo groups is 1. The molecule has 0 aliphatic rings. The number of nitrogen functional groups attached to an aromatic ring is 1. The molecule has 0 fully saturated rings. The monoisotopic (exact) mass is 484 g/mol. The molecule has 1 aromatic heterocycles. The summed E-state index contributed by atoms with van der Waals surface area (Å²) in [6.07, 6.45) is 4.04. The van der Waals surface area contributed by atoms with Gasteiger partial charge in [-0.15, -0.1) is 5.11 Å². The van der Waals surface area contributed by atoms with Crippen LogP contribution in [0.25, 0.3) is 10.8 Å². The Bertz CT molecular complexity index is 1570. The summed E-state index contributed by atoms with van der Waals surface area (Å²) in [5, 5.41) is 8.65. The summed E-state index contributed by atoms with van der Waals surface area (Å²) >= 11 is 0. The fraction of sp³-hybridized carbons (Fsp3) is 0. The second-order valence-electron chi connectivity index (χ2n) is 6.72. The second-order valence-corrected chi connectivity index (χ2v) is 9.79. The Kier molecular flexibility index (Phi) is 5.76. The number of sulfonamides is 1. The molecule has 4 N–H and O–H groups in total. The minimum atomic E-state index is -4.54. The fourth-order valence-corrected chi connectivity index (χ4v) is 4.71. The Hall–Kier alpha value is -3.94. The molecule has 0 amide bonds. The number of benzene rings is 3. The van der Waals surface area contributed by atoms with Gasteiger partial charge in [-0.05, 0) is 30.3 Å². The van der Waals surface area contributed by atoms with Gasteiger partial charge in [0.25, 0.3) is 20.1 Å². The normalized spacial score (nSPS) is 12.3. The first-order chi connectivity index (χ1) is 15.6. The van der Waals surface area contributed by atoms with Crippen LogP contribution in [0.2, 0.25) is 0 Å². The van der Waals surface area contributed by atoms with E-state index in [1.165, 1.54) is 48.9 Å². The van der Waals surface area contributed by atoms with Gasteiger partial charge in [0.05, 0.1) is 22.5 Å². The molecule has 0 unspecified atom stereocenters. The van der Waals surface area contributed by atoms with Gasteiger partial charge in [-0.1, -0.05) is 24.3 Å². The molecular weight excluding hydrogens is 468 g/mol. The van der Waals surface area contributed by atoms with Crippen LogP contribution in [-0.4, -0.2) is 31.4 Å². The Morgan fingerprint density at radius 1 is 0.909 bits per heavy atom. The SMILES string of the molecule is Nc1c(/N=N/c2ccc(S(=O)(=O)Nc3cnccn3)cc2)cc(S(=O)(=O)O)c2ccccc12. The molecule has 4 aromatic rings.